The van der Waals surface area contributed by atoms with Crippen LogP contribution in [0.4, 0.5) is 0 Å². The molecule has 0 saturated carbocycles. The summed E-state index contributed by atoms with van der Waals surface area (Å²) in [4.78, 5) is 13.5. The molecule has 0 saturated heterocycles. The van der Waals surface area contributed by atoms with Crippen molar-refractivity contribution < 1.29 is 9.00 Å². The highest BCUT2D eigenvalue weighted by Gasteiger charge is 2.17. The molecule has 1 heterocycles. The number of benzene rings is 1. The molecule has 0 spiro atoms. The van der Waals surface area contributed by atoms with Crippen molar-refractivity contribution in [3.8, 4) is 0 Å². The number of Topliss-reactive ketones (excluding diaryl/α,β-unsaturated/α-hetero) is 1. The molecule has 1 atom stereocenters. The molecule has 0 aliphatic heterocycles. The van der Waals surface area contributed by atoms with E-state index in [0.29, 0.717) is 4.88 Å². The first-order chi connectivity index (χ1) is 9.63. The van der Waals surface area contributed by atoms with E-state index in [2.05, 4.69) is 22.0 Å². The lowest BCUT2D eigenvalue weighted by Crippen LogP contribution is -2.10. The van der Waals surface area contributed by atoms with E-state index in [1.807, 2.05) is 18.2 Å². The second kappa shape index (κ2) is 5.92. The summed E-state index contributed by atoms with van der Waals surface area (Å²) in [5.74, 6) is 0.00526. The Morgan fingerprint density at radius 3 is 2.75 bits per heavy atom. The number of halogens is 1. The first kappa shape index (κ1) is 14.2. The van der Waals surface area contributed by atoms with Gasteiger partial charge in [-0.05, 0) is 70.6 Å². The minimum absolute atomic E-state index is 0.0560. The monoisotopic (exact) mass is 368 g/mol. The van der Waals surface area contributed by atoms with Gasteiger partial charge in [0.15, 0.2) is 5.78 Å². The average molecular weight is 369 g/mol. The second-order valence-electron chi connectivity index (χ2n) is 4.80. The van der Waals surface area contributed by atoms with Crippen LogP contribution >= 0.6 is 27.3 Å². The summed E-state index contributed by atoms with van der Waals surface area (Å²) in [6.45, 7) is 0. The Balaban J connectivity index is 1.75. The van der Waals surface area contributed by atoms with Crippen molar-refractivity contribution in [1.82, 2.24) is 0 Å². The zero-order valence-electron chi connectivity index (χ0n) is 10.7. The van der Waals surface area contributed by atoms with Gasteiger partial charge in [-0.3, -0.25) is 9.00 Å². The van der Waals surface area contributed by atoms with Gasteiger partial charge in [-0.1, -0.05) is 6.07 Å². The normalized spacial score (nSPS) is 15.1. The van der Waals surface area contributed by atoms with Crippen molar-refractivity contribution in [2.75, 3.05) is 5.75 Å². The molecule has 2 aromatic rings. The highest BCUT2D eigenvalue weighted by Crippen LogP contribution is 2.25. The molecule has 1 aliphatic carbocycles. The predicted molar refractivity (Wildman–Crippen MR) is 86.1 cm³/mol. The van der Waals surface area contributed by atoms with Crippen molar-refractivity contribution in [2.24, 2.45) is 0 Å². The van der Waals surface area contributed by atoms with Crippen LogP contribution in [0.2, 0.25) is 0 Å². The highest BCUT2D eigenvalue weighted by atomic mass is 79.9. The van der Waals surface area contributed by atoms with Gasteiger partial charge in [0, 0.05) is 4.90 Å². The number of aryl methyl sites for hydroxylation is 2. The maximum atomic E-state index is 12.3. The molecule has 0 radical (unpaired) electrons. The summed E-state index contributed by atoms with van der Waals surface area (Å²) >= 11 is 4.72. The van der Waals surface area contributed by atoms with Gasteiger partial charge in [-0.2, -0.15) is 0 Å². The fourth-order valence-corrected chi connectivity index (χ4v) is 4.90. The Bertz CT molecular complexity index is 691. The van der Waals surface area contributed by atoms with E-state index in [-0.39, 0.29) is 11.5 Å². The summed E-state index contributed by atoms with van der Waals surface area (Å²) in [7, 11) is -1.26. The van der Waals surface area contributed by atoms with Crippen molar-refractivity contribution in [3.63, 3.8) is 0 Å². The third-order valence-electron chi connectivity index (χ3n) is 3.44. The zero-order valence-corrected chi connectivity index (χ0v) is 13.9. The van der Waals surface area contributed by atoms with Crippen molar-refractivity contribution >= 4 is 43.8 Å². The maximum absolute atomic E-state index is 12.3. The number of fused-ring (bicyclic) bond motifs is 1. The van der Waals surface area contributed by atoms with Crippen LogP contribution < -0.4 is 0 Å². The SMILES string of the molecule is O=C(CS(=O)c1ccc2c(c1)CCC2)c1ccc(Br)s1. The molecule has 0 N–H and O–H groups in total. The molecule has 1 aliphatic rings. The summed E-state index contributed by atoms with van der Waals surface area (Å²) in [5.41, 5.74) is 2.65. The summed E-state index contributed by atoms with van der Waals surface area (Å²) in [6.07, 6.45) is 3.35. The topological polar surface area (TPSA) is 34.1 Å². The summed E-state index contributed by atoms with van der Waals surface area (Å²) in [5, 5.41) is 0. The predicted octanol–water partition coefficient (Wildman–Crippen LogP) is 3.99. The Labute approximate surface area is 132 Å². The van der Waals surface area contributed by atoms with Gasteiger partial charge in [0.2, 0.25) is 0 Å². The first-order valence-electron chi connectivity index (χ1n) is 6.42. The zero-order chi connectivity index (χ0) is 14.1. The van der Waals surface area contributed by atoms with Crippen LogP contribution in [0, 0.1) is 0 Å². The van der Waals surface area contributed by atoms with Gasteiger partial charge in [-0.25, -0.2) is 0 Å². The quantitative estimate of drug-likeness (QED) is 0.764. The van der Waals surface area contributed by atoms with E-state index >= 15 is 0 Å². The van der Waals surface area contributed by atoms with Crippen molar-refractivity contribution in [3.05, 3.63) is 50.1 Å². The molecule has 0 fully saturated rings. The van der Waals surface area contributed by atoms with Gasteiger partial charge in [0.25, 0.3) is 0 Å². The van der Waals surface area contributed by atoms with Crippen LogP contribution in [-0.2, 0) is 23.6 Å². The van der Waals surface area contributed by atoms with E-state index < -0.39 is 10.8 Å². The van der Waals surface area contributed by atoms with Crippen molar-refractivity contribution in [2.45, 2.75) is 24.2 Å². The molecule has 0 bridgehead atoms. The Kier molecular flexibility index (Phi) is 4.19. The molecule has 5 heteroatoms. The molecule has 104 valence electrons. The van der Waals surface area contributed by atoms with Gasteiger partial charge >= 0.3 is 0 Å². The van der Waals surface area contributed by atoms with E-state index in [0.717, 1.165) is 21.5 Å². The number of hydrogen-bond donors (Lipinski definition) is 0. The number of hydrogen-bond acceptors (Lipinski definition) is 3. The van der Waals surface area contributed by atoms with Gasteiger partial charge in [0.05, 0.1) is 25.2 Å². The van der Waals surface area contributed by atoms with E-state index in [9.17, 15) is 9.00 Å². The Morgan fingerprint density at radius 1 is 1.20 bits per heavy atom. The number of carbonyl (C=O) groups is 1. The molecular formula is C15H13BrO2S2. The van der Waals surface area contributed by atoms with Crippen LogP contribution in [0.3, 0.4) is 0 Å². The van der Waals surface area contributed by atoms with Crippen LogP contribution in [0.25, 0.3) is 0 Å². The van der Waals surface area contributed by atoms with Crippen molar-refractivity contribution in [1.29, 1.82) is 0 Å². The van der Waals surface area contributed by atoms with Crippen LogP contribution in [0.1, 0.15) is 27.2 Å². The minimum Gasteiger partial charge on any atom is -0.292 e. The minimum atomic E-state index is -1.26. The van der Waals surface area contributed by atoms with E-state index in [1.165, 1.54) is 28.9 Å². The molecule has 1 unspecified atom stereocenters. The van der Waals surface area contributed by atoms with Gasteiger partial charge in [-0.15, -0.1) is 11.3 Å². The molecule has 1 aromatic carbocycles. The third-order valence-corrected chi connectivity index (χ3v) is 6.41. The number of thiophene rings is 1. The third kappa shape index (κ3) is 2.95. The molecule has 1 aromatic heterocycles. The molecule has 2 nitrogen and oxygen atoms in total. The lowest BCUT2D eigenvalue weighted by molar-refractivity contribution is 0.102. The van der Waals surface area contributed by atoms with Gasteiger partial charge in [0.1, 0.15) is 0 Å². The average Bonchev–Trinajstić information content (AvgIpc) is 3.05. The summed E-state index contributed by atoms with van der Waals surface area (Å²) < 4.78 is 13.2. The summed E-state index contributed by atoms with van der Waals surface area (Å²) in [6, 6.07) is 9.59. The molecule has 20 heavy (non-hydrogen) atoms. The second-order valence-corrected chi connectivity index (χ2v) is 8.72. The van der Waals surface area contributed by atoms with E-state index in [1.54, 1.807) is 6.07 Å². The molecule has 0 amide bonds. The fourth-order valence-electron chi connectivity index (χ4n) is 2.43. The maximum Gasteiger partial charge on any atom is 0.185 e. The standard InChI is InChI=1S/C15H13BrO2S2/c16-15-7-6-14(19-15)13(17)9-20(18)12-5-4-10-2-1-3-11(10)8-12/h4-8H,1-3,9H2. The van der Waals surface area contributed by atoms with Gasteiger partial charge < -0.3 is 0 Å². The lowest BCUT2D eigenvalue weighted by atomic mass is 10.1. The number of rotatable bonds is 4. The largest absolute Gasteiger partial charge is 0.292 e. The molecular weight excluding hydrogens is 356 g/mol. The number of carbonyl (C=O) groups excluding carboxylic acids is 1. The van der Waals surface area contributed by atoms with Crippen LogP contribution in [0.5, 0.6) is 0 Å². The fraction of sp³-hybridized carbons (Fsp3) is 0.267. The highest BCUT2D eigenvalue weighted by molar-refractivity contribution is 9.11. The number of ketones is 1. The Hall–Kier alpha value is -0.780. The first-order valence-corrected chi connectivity index (χ1v) is 9.35. The van der Waals surface area contributed by atoms with Crippen LogP contribution in [-0.4, -0.2) is 15.7 Å². The van der Waals surface area contributed by atoms with E-state index in [4.69, 9.17) is 0 Å². The molecule has 3 rings (SSSR count). The Morgan fingerprint density at radius 2 is 2.00 bits per heavy atom. The lowest BCUT2D eigenvalue weighted by Gasteiger charge is -2.04. The van der Waals surface area contributed by atoms with Crippen LogP contribution in [0.15, 0.2) is 39.0 Å². The smallest absolute Gasteiger partial charge is 0.185 e.